The number of carboxylic acids is 3. The molecule has 0 aliphatic carbocycles. The number of carboxylic acid groups (broad SMARTS) is 3. The highest BCUT2D eigenvalue weighted by Gasteiger charge is 2.35. The van der Waals surface area contributed by atoms with Gasteiger partial charge in [-0.15, -0.1) is 0 Å². The predicted molar refractivity (Wildman–Crippen MR) is 136 cm³/mol. The molecule has 0 radical (unpaired) electrons. The van der Waals surface area contributed by atoms with E-state index < -0.39 is 42.0 Å². The summed E-state index contributed by atoms with van der Waals surface area (Å²) in [4.78, 5) is 33.5. The van der Waals surface area contributed by atoms with Gasteiger partial charge in [-0.2, -0.15) is 0 Å². The highest BCUT2D eigenvalue weighted by Crippen LogP contribution is 2.15. The zero-order valence-electron chi connectivity index (χ0n) is 21.5. The van der Waals surface area contributed by atoms with Gasteiger partial charge in [0.25, 0.3) is 0 Å². The zero-order chi connectivity index (χ0) is 25.5. The summed E-state index contributed by atoms with van der Waals surface area (Å²) in [6, 6.07) is 0. The van der Waals surface area contributed by atoms with Gasteiger partial charge in [0.15, 0.2) is 19.6 Å². The van der Waals surface area contributed by atoms with Crippen molar-refractivity contribution >= 4 is 17.9 Å². The molecule has 0 aromatic carbocycles. The SMILES string of the molecule is CCCCCCCC/C=C/CCCCCCCCCCC[N+](CC(=O)O)(CC(=O)O)CC(=O)O. The number of aliphatic carboxylic acids is 3. The average molecular weight is 485 g/mol. The molecule has 0 aliphatic rings. The monoisotopic (exact) mass is 484 g/mol. The molecule has 34 heavy (non-hydrogen) atoms. The lowest BCUT2D eigenvalue weighted by atomic mass is 10.1. The molecule has 198 valence electrons. The lowest BCUT2D eigenvalue weighted by molar-refractivity contribution is -0.907. The van der Waals surface area contributed by atoms with Crippen LogP contribution in [0.2, 0.25) is 0 Å². The molecule has 0 fully saturated rings. The van der Waals surface area contributed by atoms with Crippen LogP contribution < -0.4 is 0 Å². The van der Waals surface area contributed by atoms with E-state index in [1.54, 1.807) is 0 Å². The quantitative estimate of drug-likeness (QED) is 0.0800. The van der Waals surface area contributed by atoms with Crippen LogP contribution in [0.5, 0.6) is 0 Å². The highest BCUT2D eigenvalue weighted by atomic mass is 16.4. The molecule has 0 rings (SSSR count). The van der Waals surface area contributed by atoms with Crippen molar-refractivity contribution in [1.82, 2.24) is 0 Å². The minimum atomic E-state index is -1.17. The molecule has 0 atom stereocenters. The van der Waals surface area contributed by atoms with E-state index in [0.717, 1.165) is 19.3 Å². The number of nitrogens with zero attached hydrogens (tertiary/aromatic N) is 1. The summed E-state index contributed by atoms with van der Waals surface area (Å²) in [6.45, 7) is 1.07. The lowest BCUT2D eigenvalue weighted by Gasteiger charge is -2.34. The van der Waals surface area contributed by atoms with Crippen molar-refractivity contribution in [3.63, 3.8) is 0 Å². The first kappa shape index (κ1) is 32.1. The van der Waals surface area contributed by atoms with E-state index in [-0.39, 0.29) is 6.54 Å². The molecule has 0 unspecified atom stereocenters. The lowest BCUT2D eigenvalue weighted by Crippen LogP contribution is -2.57. The van der Waals surface area contributed by atoms with Crippen molar-refractivity contribution in [3.8, 4) is 0 Å². The smallest absolute Gasteiger partial charge is 0.359 e. The standard InChI is InChI=1S/C27H49NO6/c1-2-3-4-5-6-7-8-9-10-11-12-13-14-15-16-17-18-19-20-21-28(22-25(29)30,23-26(31)32)24-27(33)34/h9-10H,2-8,11-24H2,1H3,(H2-,29,30,31,32,33,34)/p+1/b10-9+. The van der Waals surface area contributed by atoms with Gasteiger partial charge in [0.2, 0.25) is 0 Å². The van der Waals surface area contributed by atoms with Gasteiger partial charge in [-0.25, -0.2) is 14.4 Å². The van der Waals surface area contributed by atoms with Crippen molar-refractivity contribution in [2.24, 2.45) is 0 Å². The molecule has 0 saturated heterocycles. The van der Waals surface area contributed by atoms with Gasteiger partial charge in [0, 0.05) is 0 Å². The molecule has 0 aromatic heterocycles. The molecule has 7 heteroatoms. The summed E-state index contributed by atoms with van der Waals surface area (Å²) in [7, 11) is 0. The Kier molecular flexibility index (Phi) is 20.4. The van der Waals surface area contributed by atoms with E-state index in [1.165, 1.54) is 83.5 Å². The molecule has 7 nitrogen and oxygen atoms in total. The van der Waals surface area contributed by atoms with Crippen molar-refractivity contribution in [3.05, 3.63) is 12.2 Å². The Morgan fingerprint density at radius 2 is 0.853 bits per heavy atom. The van der Waals surface area contributed by atoms with Crippen LogP contribution in [0, 0.1) is 0 Å². The van der Waals surface area contributed by atoms with Gasteiger partial charge in [0.05, 0.1) is 6.54 Å². The van der Waals surface area contributed by atoms with Crippen molar-refractivity contribution in [2.45, 2.75) is 116 Å². The molecule has 0 spiro atoms. The molecule has 0 heterocycles. The number of quaternary nitrogens is 1. The van der Waals surface area contributed by atoms with Crippen LogP contribution in [0.3, 0.4) is 0 Å². The van der Waals surface area contributed by atoms with Gasteiger partial charge in [0.1, 0.15) is 0 Å². The Labute approximate surface area is 206 Å². The first-order valence-corrected chi connectivity index (χ1v) is 13.5. The van der Waals surface area contributed by atoms with Gasteiger partial charge >= 0.3 is 17.9 Å². The largest absolute Gasteiger partial charge is 0.477 e. The van der Waals surface area contributed by atoms with E-state index in [0.29, 0.717) is 6.42 Å². The molecule has 0 bridgehead atoms. The van der Waals surface area contributed by atoms with Crippen LogP contribution in [-0.4, -0.2) is 63.9 Å². The summed E-state index contributed by atoms with van der Waals surface area (Å²) in [6.07, 6.45) is 25.0. The minimum Gasteiger partial charge on any atom is -0.477 e. The van der Waals surface area contributed by atoms with Gasteiger partial charge < -0.3 is 15.3 Å². The maximum Gasteiger partial charge on any atom is 0.359 e. The van der Waals surface area contributed by atoms with E-state index in [1.807, 2.05) is 0 Å². The van der Waals surface area contributed by atoms with E-state index in [4.69, 9.17) is 15.3 Å². The van der Waals surface area contributed by atoms with E-state index in [9.17, 15) is 14.4 Å². The number of unbranched alkanes of at least 4 members (excludes halogenated alkanes) is 15. The second kappa shape index (κ2) is 21.6. The summed E-state index contributed by atoms with van der Waals surface area (Å²) in [5.74, 6) is -3.51. The Morgan fingerprint density at radius 3 is 1.21 bits per heavy atom. The van der Waals surface area contributed by atoms with Crippen LogP contribution in [0.4, 0.5) is 0 Å². The second-order valence-corrected chi connectivity index (χ2v) is 9.72. The Hall–Kier alpha value is -1.89. The molecule has 0 amide bonds. The maximum atomic E-state index is 11.2. The van der Waals surface area contributed by atoms with Gasteiger partial charge in [-0.3, -0.25) is 4.48 Å². The normalized spacial score (nSPS) is 11.8. The van der Waals surface area contributed by atoms with E-state index in [2.05, 4.69) is 19.1 Å². The zero-order valence-corrected chi connectivity index (χ0v) is 21.5. The number of carbonyl (C=O) groups is 3. The Bertz CT molecular complexity index is 535. The van der Waals surface area contributed by atoms with Crippen molar-refractivity contribution in [2.75, 3.05) is 26.2 Å². The molecular formula is C27H50NO6+. The number of rotatable bonds is 25. The first-order valence-electron chi connectivity index (χ1n) is 13.5. The van der Waals surface area contributed by atoms with Crippen LogP contribution in [0.25, 0.3) is 0 Å². The Morgan fingerprint density at radius 1 is 0.529 bits per heavy atom. The van der Waals surface area contributed by atoms with Crippen molar-refractivity contribution < 1.29 is 34.2 Å². The fourth-order valence-electron chi connectivity index (χ4n) is 4.49. The molecular weight excluding hydrogens is 434 g/mol. The van der Waals surface area contributed by atoms with Crippen LogP contribution >= 0.6 is 0 Å². The first-order chi connectivity index (χ1) is 16.3. The third-order valence-electron chi connectivity index (χ3n) is 6.31. The number of allylic oxidation sites excluding steroid dienone is 2. The highest BCUT2D eigenvalue weighted by molar-refractivity contribution is 5.73. The van der Waals surface area contributed by atoms with E-state index >= 15 is 0 Å². The summed E-state index contributed by atoms with van der Waals surface area (Å²) in [5.41, 5.74) is 0. The van der Waals surface area contributed by atoms with Crippen LogP contribution in [0.1, 0.15) is 116 Å². The number of hydrogen-bond acceptors (Lipinski definition) is 3. The molecule has 0 saturated carbocycles. The Balaban J connectivity index is 3.76. The predicted octanol–water partition coefficient (Wildman–Crippen LogP) is 6.26. The summed E-state index contributed by atoms with van der Waals surface area (Å²) >= 11 is 0. The minimum absolute atomic E-state index is 0.261. The fraction of sp³-hybridized carbons (Fsp3) is 0.815. The fourth-order valence-corrected chi connectivity index (χ4v) is 4.49. The third kappa shape index (κ3) is 20.7. The van der Waals surface area contributed by atoms with Crippen molar-refractivity contribution in [1.29, 1.82) is 0 Å². The molecule has 0 aliphatic heterocycles. The average Bonchev–Trinajstić information content (AvgIpc) is 2.73. The molecule has 0 aromatic rings. The van der Waals surface area contributed by atoms with Crippen LogP contribution in [0.15, 0.2) is 12.2 Å². The number of hydrogen-bond donors (Lipinski definition) is 3. The topological polar surface area (TPSA) is 112 Å². The third-order valence-corrected chi connectivity index (χ3v) is 6.31. The van der Waals surface area contributed by atoms with Crippen LogP contribution in [-0.2, 0) is 14.4 Å². The van der Waals surface area contributed by atoms with Gasteiger partial charge in [-0.05, 0) is 38.5 Å². The maximum absolute atomic E-state index is 11.2. The summed E-state index contributed by atoms with van der Waals surface area (Å²) < 4.78 is -0.437. The summed E-state index contributed by atoms with van der Waals surface area (Å²) in [5, 5.41) is 27.4. The second-order valence-electron chi connectivity index (χ2n) is 9.72. The van der Waals surface area contributed by atoms with Gasteiger partial charge in [-0.1, -0.05) is 89.7 Å². The molecule has 3 N–H and O–H groups in total.